The van der Waals surface area contributed by atoms with E-state index < -0.39 is 5.97 Å². The molecule has 0 aromatic rings. The van der Waals surface area contributed by atoms with Gasteiger partial charge in [0.2, 0.25) is 5.12 Å². The van der Waals surface area contributed by atoms with Gasteiger partial charge in [-0.3, -0.25) is 9.59 Å². The molecule has 1 N–H and O–H groups in total. The normalized spacial score (nSPS) is 9.14. The van der Waals surface area contributed by atoms with Gasteiger partial charge in [-0.05, 0) is 5.53 Å². The van der Waals surface area contributed by atoms with Crippen molar-refractivity contribution in [3.05, 3.63) is 10.4 Å². The van der Waals surface area contributed by atoms with E-state index in [4.69, 9.17) is 15.4 Å². The monoisotopic (exact) mass is 219 g/mol. The van der Waals surface area contributed by atoms with E-state index in [0.717, 1.165) is 0 Å². The van der Waals surface area contributed by atoms with Gasteiger partial charge in [0, 0.05) is 11.5 Å². The summed E-state index contributed by atoms with van der Waals surface area (Å²) in [6.07, 6.45) is 0. The molecule has 0 rings (SSSR count). The number of nitrogens with zero attached hydrogens (tertiary/aromatic N) is 3. The van der Waals surface area contributed by atoms with Crippen LogP contribution in [0.15, 0.2) is 5.11 Å². The fourth-order valence-corrected chi connectivity index (χ4v) is 0.941. The van der Waals surface area contributed by atoms with Gasteiger partial charge < -0.3 is 9.84 Å². The molecule has 0 saturated carbocycles. The van der Waals surface area contributed by atoms with Crippen molar-refractivity contribution < 1.29 is 19.4 Å². The lowest BCUT2D eigenvalue weighted by Gasteiger charge is -1.99. The van der Waals surface area contributed by atoms with Crippen LogP contribution in [0.2, 0.25) is 0 Å². The summed E-state index contributed by atoms with van der Waals surface area (Å²) in [5, 5.41) is 11.1. The number of rotatable bonds is 7. The molecule has 0 aromatic heterocycles. The fraction of sp³-hybridized carbons (Fsp3) is 0.667. The van der Waals surface area contributed by atoms with E-state index in [0.29, 0.717) is 11.8 Å². The predicted octanol–water partition coefficient (Wildman–Crippen LogP) is 0.658. The SMILES string of the molecule is [N-]=[N+]=NCCOCC(=O)SCC(=O)O. The Bertz CT molecular complexity index is 251. The summed E-state index contributed by atoms with van der Waals surface area (Å²) in [6, 6.07) is 0. The van der Waals surface area contributed by atoms with Crippen molar-refractivity contribution in [3.63, 3.8) is 0 Å². The van der Waals surface area contributed by atoms with Crippen LogP contribution in [0.4, 0.5) is 0 Å². The maximum absolute atomic E-state index is 10.9. The molecule has 0 fully saturated rings. The van der Waals surface area contributed by atoms with E-state index in [2.05, 4.69) is 10.0 Å². The molecular formula is C6H9N3O4S. The Morgan fingerprint density at radius 3 is 2.86 bits per heavy atom. The lowest BCUT2D eigenvalue weighted by atomic mass is 10.7. The molecule has 0 aliphatic carbocycles. The molecule has 7 nitrogen and oxygen atoms in total. The molecule has 0 spiro atoms. The molecule has 0 bridgehead atoms. The Labute approximate surface area is 84.1 Å². The maximum Gasteiger partial charge on any atom is 0.313 e. The fourth-order valence-electron chi connectivity index (χ4n) is 0.489. The van der Waals surface area contributed by atoms with Crippen LogP contribution in [-0.4, -0.2) is 41.7 Å². The van der Waals surface area contributed by atoms with Gasteiger partial charge in [0.15, 0.2) is 0 Å². The maximum atomic E-state index is 10.9. The third-order valence-corrected chi connectivity index (χ3v) is 1.81. The number of hydrogen-bond acceptors (Lipinski definition) is 5. The first kappa shape index (κ1) is 12.8. The minimum Gasteiger partial charge on any atom is -0.481 e. The van der Waals surface area contributed by atoms with Crippen LogP contribution in [0.3, 0.4) is 0 Å². The molecule has 8 heteroatoms. The van der Waals surface area contributed by atoms with Crippen molar-refractivity contribution in [1.82, 2.24) is 0 Å². The Morgan fingerprint density at radius 2 is 2.29 bits per heavy atom. The zero-order valence-corrected chi connectivity index (χ0v) is 8.07. The van der Waals surface area contributed by atoms with E-state index in [1.165, 1.54) is 0 Å². The van der Waals surface area contributed by atoms with Gasteiger partial charge in [0.1, 0.15) is 6.61 Å². The summed E-state index contributed by atoms with van der Waals surface area (Å²) in [7, 11) is 0. The predicted molar refractivity (Wildman–Crippen MR) is 49.9 cm³/mol. The van der Waals surface area contributed by atoms with Gasteiger partial charge >= 0.3 is 5.97 Å². The van der Waals surface area contributed by atoms with Crippen molar-refractivity contribution in [1.29, 1.82) is 0 Å². The first-order valence-electron chi connectivity index (χ1n) is 3.63. The Hall–Kier alpha value is -1.24. The van der Waals surface area contributed by atoms with Crippen LogP contribution in [0, 0.1) is 0 Å². The smallest absolute Gasteiger partial charge is 0.313 e. The number of hydrogen-bond donors (Lipinski definition) is 1. The molecule has 0 atom stereocenters. The van der Waals surface area contributed by atoms with E-state index in [1.807, 2.05) is 0 Å². The highest BCUT2D eigenvalue weighted by Gasteiger charge is 2.05. The number of carbonyl (C=O) groups is 2. The first-order valence-corrected chi connectivity index (χ1v) is 4.61. The van der Waals surface area contributed by atoms with Gasteiger partial charge in [-0.1, -0.05) is 16.9 Å². The number of carboxylic acids is 1. The second-order valence-electron chi connectivity index (χ2n) is 2.06. The highest BCUT2D eigenvalue weighted by molar-refractivity contribution is 8.14. The van der Waals surface area contributed by atoms with Crippen molar-refractivity contribution in [3.8, 4) is 0 Å². The van der Waals surface area contributed by atoms with Crippen LogP contribution in [0.25, 0.3) is 10.4 Å². The largest absolute Gasteiger partial charge is 0.481 e. The summed E-state index contributed by atoms with van der Waals surface area (Å²) < 4.78 is 4.80. The second-order valence-corrected chi connectivity index (χ2v) is 3.09. The van der Waals surface area contributed by atoms with E-state index in [1.54, 1.807) is 0 Å². The van der Waals surface area contributed by atoms with E-state index >= 15 is 0 Å². The average molecular weight is 219 g/mol. The Morgan fingerprint density at radius 1 is 1.57 bits per heavy atom. The van der Waals surface area contributed by atoms with Crippen LogP contribution in [-0.2, 0) is 14.3 Å². The molecule has 0 radical (unpaired) electrons. The molecule has 0 unspecified atom stereocenters. The van der Waals surface area contributed by atoms with Crippen LogP contribution >= 0.6 is 11.8 Å². The van der Waals surface area contributed by atoms with Crippen LogP contribution < -0.4 is 0 Å². The highest BCUT2D eigenvalue weighted by Crippen LogP contribution is 2.01. The van der Waals surface area contributed by atoms with Crippen molar-refractivity contribution in [2.45, 2.75) is 0 Å². The number of carbonyl (C=O) groups excluding carboxylic acids is 1. The zero-order chi connectivity index (χ0) is 10.8. The van der Waals surface area contributed by atoms with Gasteiger partial charge in [-0.2, -0.15) is 0 Å². The minimum atomic E-state index is -1.04. The van der Waals surface area contributed by atoms with Gasteiger partial charge in [-0.15, -0.1) is 0 Å². The molecule has 0 saturated heterocycles. The lowest BCUT2D eigenvalue weighted by molar-refractivity contribution is -0.134. The van der Waals surface area contributed by atoms with Crippen molar-refractivity contribution in [2.24, 2.45) is 5.11 Å². The van der Waals surface area contributed by atoms with Gasteiger partial charge in [-0.25, -0.2) is 0 Å². The van der Waals surface area contributed by atoms with E-state index in [9.17, 15) is 9.59 Å². The summed E-state index contributed by atoms with van der Waals surface area (Å²) in [5.74, 6) is -1.31. The third kappa shape index (κ3) is 8.85. The average Bonchev–Trinajstić information content (AvgIpc) is 2.14. The van der Waals surface area contributed by atoms with Crippen LogP contribution in [0.1, 0.15) is 0 Å². The second kappa shape index (κ2) is 8.36. The number of thioether (sulfide) groups is 1. The molecule has 0 aromatic carbocycles. The van der Waals surface area contributed by atoms with E-state index in [-0.39, 0.29) is 30.6 Å². The van der Waals surface area contributed by atoms with Gasteiger partial charge in [0.05, 0.1) is 12.4 Å². The molecule has 0 aliphatic rings. The molecule has 0 aliphatic heterocycles. The summed E-state index contributed by atoms with van der Waals surface area (Å²) in [4.78, 5) is 23.4. The summed E-state index contributed by atoms with van der Waals surface area (Å²) in [5.41, 5.74) is 7.89. The number of carboxylic acid groups (broad SMARTS) is 1. The molecule has 0 heterocycles. The zero-order valence-electron chi connectivity index (χ0n) is 7.25. The number of ether oxygens (including phenoxy) is 1. The minimum absolute atomic E-state index is 0.156. The standard InChI is InChI=1S/C6H9N3O4S/c7-9-8-1-2-13-3-6(12)14-4-5(10)11/h1-4H2,(H,10,11). The quantitative estimate of drug-likeness (QED) is 0.292. The van der Waals surface area contributed by atoms with Crippen LogP contribution in [0.5, 0.6) is 0 Å². The molecule has 78 valence electrons. The highest BCUT2D eigenvalue weighted by atomic mass is 32.2. The summed E-state index contributed by atoms with van der Waals surface area (Å²) in [6.45, 7) is 0.149. The Balaban J connectivity index is 3.35. The van der Waals surface area contributed by atoms with Crippen molar-refractivity contribution in [2.75, 3.05) is 25.5 Å². The topological polar surface area (TPSA) is 112 Å². The van der Waals surface area contributed by atoms with Crippen molar-refractivity contribution >= 4 is 22.8 Å². The first-order chi connectivity index (χ1) is 6.66. The Kier molecular flexibility index (Phi) is 7.62. The third-order valence-electron chi connectivity index (χ3n) is 0.975. The number of azide groups is 1. The number of aliphatic carboxylic acids is 1. The van der Waals surface area contributed by atoms with Gasteiger partial charge in [0.25, 0.3) is 0 Å². The lowest BCUT2D eigenvalue weighted by Crippen LogP contribution is -2.10. The molecule has 0 amide bonds. The molecular weight excluding hydrogens is 210 g/mol. The molecule has 14 heavy (non-hydrogen) atoms. The summed E-state index contributed by atoms with van der Waals surface area (Å²) >= 11 is 0.681.